The van der Waals surface area contributed by atoms with Gasteiger partial charge in [-0.3, -0.25) is 9.25 Å². The molecule has 0 aliphatic carbocycles. The quantitative estimate of drug-likeness (QED) is 0.390. The van der Waals surface area contributed by atoms with Gasteiger partial charge in [0.25, 0.3) is 0 Å². The third kappa shape index (κ3) is 3.37. The number of nitrogens with zero attached hydrogens (tertiary/aromatic N) is 7. The van der Waals surface area contributed by atoms with Gasteiger partial charge in [-0.15, -0.1) is 0 Å². The molecule has 5 aromatic rings. The summed E-state index contributed by atoms with van der Waals surface area (Å²) in [7, 11) is 1.87. The van der Waals surface area contributed by atoms with Crippen molar-refractivity contribution in [2.75, 3.05) is 0 Å². The first-order valence-corrected chi connectivity index (χ1v) is 10.2. The van der Waals surface area contributed by atoms with Gasteiger partial charge in [0.15, 0.2) is 5.58 Å². The number of aryl methyl sites for hydroxylation is 2. The van der Waals surface area contributed by atoms with E-state index in [9.17, 15) is 4.79 Å². The third-order valence-corrected chi connectivity index (χ3v) is 5.30. The Bertz CT molecular complexity index is 1430. The lowest BCUT2D eigenvalue weighted by molar-refractivity contribution is 0.588. The molecule has 31 heavy (non-hydrogen) atoms. The van der Waals surface area contributed by atoms with Crippen molar-refractivity contribution in [1.29, 1.82) is 0 Å². The Hall–Kier alpha value is -3.88. The summed E-state index contributed by atoms with van der Waals surface area (Å²) in [5.74, 6) is 0. The van der Waals surface area contributed by atoms with Gasteiger partial charge >= 0.3 is 5.69 Å². The van der Waals surface area contributed by atoms with Crippen molar-refractivity contribution in [2.45, 2.75) is 32.7 Å². The number of hydrogen-bond acceptors (Lipinski definition) is 7. The highest BCUT2D eigenvalue weighted by molar-refractivity contribution is 6.06. The fourth-order valence-electron chi connectivity index (χ4n) is 3.77. The summed E-state index contributed by atoms with van der Waals surface area (Å²) in [6.07, 6.45) is 13.1. The van der Waals surface area contributed by atoms with E-state index >= 15 is 0 Å². The zero-order chi connectivity index (χ0) is 21.4. The van der Waals surface area contributed by atoms with Crippen LogP contribution >= 0.6 is 0 Å². The van der Waals surface area contributed by atoms with Crippen molar-refractivity contribution in [3.63, 3.8) is 0 Å². The van der Waals surface area contributed by atoms with E-state index in [0.717, 1.165) is 35.8 Å². The Labute approximate surface area is 177 Å². The van der Waals surface area contributed by atoms with Crippen LogP contribution in [0.1, 0.15) is 26.2 Å². The average molecular weight is 415 g/mol. The van der Waals surface area contributed by atoms with Crippen LogP contribution in [-0.4, -0.2) is 34.3 Å². The Kier molecular flexibility index (Phi) is 4.78. The fraction of sp³-hybridized carbons (Fsp3) is 0.273. The van der Waals surface area contributed by atoms with Crippen LogP contribution in [0.25, 0.3) is 44.6 Å². The van der Waals surface area contributed by atoms with Crippen molar-refractivity contribution in [3.8, 4) is 22.4 Å². The highest BCUT2D eigenvalue weighted by atomic mass is 16.3. The van der Waals surface area contributed by atoms with E-state index in [-0.39, 0.29) is 5.69 Å². The van der Waals surface area contributed by atoms with Crippen LogP contribution in [0.3, 0.4) is 0 Å². The van der Waals surface area contributed by atoms with E-state index < -0.39 is 0 Å². The summed E-state index contributed by atoms with van der Waals surface area (Å²) in [4.78, 5) is 30.0. The van der Waals surface area contributed by atoms with E-state index in [2.05, 4.69) is 32.0 Å². The summed E-state index contributed by atoms with van der Waals surface area (Å²) in [5, 5.41) is 5.01. The SMILES string of the molecule is CCCCCn1c(=O)nc(-c2cncnc2)c2oc3ncc(-c4cnn(C)c4)cc3c21. The van der Waals surface area contributed by atoms with Crippen LogP contribution in [0, 0.1) is 0 Å². The van der Waals surface area contributed by atoms with Crippen LogP contribution < -0.4 is 5.69 Å². The molecule has 0 spiro atoms. The molecule has 156 valence electrons. The molecule has 5 aromatic heterocycles. The Morgan fingerprint density at radius 2 is 1.87 bits per heavy atom. The van der Waals surface area contributed by atoms with Crippen molar-refractivity contribution < 1.29 is 4.42 Å². The summed E-state index contributed by atoms with van der Waals surface area (Å²) in [5.41, 5.74) is 4.23. The van der Waals surface area contributed by atoms with Crippen LogP contribution in [0.4, 0.5) is 0 Å². The first kappa shape index (κ1) is 19.1. The van der Waals surface area contributed by atoms with Gasteiger partial charge < -0.3 is 4.42 Å². The van der Waals surface area contributed by atoms with Gasteiger partial charge in [-0.2, -0.15) is 10.1 Å². The van der Waals surface area contributed by atoms with Crippen molar-refractivity contribution in [2.24, 2.45) is 7.05 Å². The lowest BCUT2D eigenvalue weighted by atomic mass is 10.1. The lowest BCUT2D eigenvalue weighted by Crippen LogP contribution is -2.24. The standard InChI is InChI=1S/C22H21N7O2/c1-3-4-5-6-29-19-17-7-14(16-11-26-28(2)12-16)10-25-21(17)31-20(19)18(27-22(29)30)15-8-23-13-24-9-15/h7-13H,3-6H2,1-2H3. The number of unbranched alkanes of at least 4 members (excludes halogenated alkanes) is 2. The zero-order valence-corrected chi connectivity index (χ0v) is 17.3. The number of hydrogen-bond donors (Lipinski definition) is 0. The molecule has 0 radical (unpaired) electrons. The second kappa shape index (κ2) is 7.75. The molecule has 0 atom stereocenters. The molecule has 0 aliphatic heterocycles. The highest BCUT2D eigenvalue weighted by Crippen LogP contribution is 2.34. The Morgan fingerprint density at radius 3 is 2.61 bits per heavy atom. The normalized spacial score (nSPS) is 11.5. The Morgan fingerprint density at radius 1 is 1.03 bits per heavy atom. The summed E-state index contributed by atoms with van der Waals surface area (Å²) >= 11 is 0. The van der Waals surface area contributed by atoms with Crippen LogP contribution in [0.5, 0.6) is 0 Å². The van der Waals surface area contributed by atoms with Gasteiger partial charge in [-0.25, -0.2) is 19.7 Å². The van der Waals surface area contributed by atoms with Gasteiger partial charge in [-0.05, 0) is 12.5 Å². The molecule has 9 nitrogen and oxygen atoms in total. The van der Waals surface area contributed by atoms with Gasteiger partial charge in [0.1, 0.15) is 17.5 Å². The number of fused-ring (bicyclic) bond motifs is 3. The first-order valence-electron chi connectivity index (χ1n) is 10.2. The molecule has 0 fully saturated rings. The van der Waals surface area contributed by atoms with Gasteiger partial charge in [0.05, 0.1) is 11.6 Å². The van der Waals surface area contributed by atoms with E-state index in [4.69, 9.17) is 4.42 Å². The maximum absolute atomic E-state index is 13.1. The second-order valence-electron chi connectivity index (χ2n) is 7.49. The molecule has 5 heterocycles. The largest absolute Gasteiger partial charge is 0.434 e. The topological polar surface area (TPSA) is 105 Å². The molecule has 0 N–H and O–H groups in total. The van der Waals surface area contributed by atoms with Crippen molar-refractivity contribution >= 4 is 22.2 Å². The minimum atomic E-state index is -0.322. The van der Waals surface area contributed by atoms with Crippen molar-refractivity contribution in [3.05, 3.63) is 53.9 Å². The Balaban J connectivity index is 1.80. The van der Waals surface area contributed by atoms with Crippen LogP contribution in [-0.2, 0) is 13.6 Å². The van der Waals surface area contributed by atoms with Gasteiger partial charge in [0, 0.05) is 55.1 Å². The van der Waals surface area contributed by atoms with E-state index in [1.54, 1.807) is 34.0 Å². The third-order valence-electron chi connectivity index (χ3n) is 5.30. The predicted octanol–water partition coefficient (Wildman–Crippen LogP) is 3.59. The van der Waals surface area contributed by atoms with Gasteiger partial charge in [0.2, 0.25) is 5.71 Å². The summed E-state index contributed by atoms with van der Waals surface area (Å²) in [6.45, 7) is 2.69. The molecule has 9 heteroatoms. The lowest BCUT2D eigenvalue weighted by Gasteiger charge is -2.09. The highest BCUT2D eigenvalue weighted by Gasteiger charge is 2.21. The fourth-order valence-corrected chi connectivity index (χ4v) is 3.77. The summed E-state index contributed by atoms with van der Waals surface area (Å²) in [6, 6.07) is 1.99. The smallest absolute Gasteiger partial charge is 0.348 e. The molecule has 0 saturated carbocycles. The molecule has 0 aromatic carbocycles. The molecule has 5 rings (SSSR count). The van der Waals surface area contributed by atoms with Crippen LogP contribution in [0.2, 0.25) is 0 Å². The maximum atomic E-state index is 13.1. The molecule has 0 amide bonds. The average Bonchev–Trinajstić information content (AvgIpc) is 3.39. The first-order chi connectivity index (χ1) is 15.2. The number of rotatable bonds is 6. The number of pyridine rings is 1. The predicted molar refractivity (Wildman–Crippen MR) is 116 cm³/mol. The molecular formula is C22H21N7O2. The molecule has 0 unspecified atom stereocenters. The monoisotopic (exact) mass is 415 g/mol. The van der Waals surface area contributed by atoms with Crippen molar-refractivity contribution in [1.82, 2.24) is 34.3 Å². The maximum Gasteiger partial charge on any atom is 0.348 e. The zero-order valence-electron chi connectivity index (χ0n) is 17.3. The van der Waals surface area contributed by atoms with E-state index in [0.29, 0.717) is 34.6 Å². The van der Waals surface area contributed by atoms with Gasteiger partial charge in [-0.1, -0.05) is 19.8 Å². The number of aromatic nitrogens is 7. The minimum absolute atomic E-state index is 0.322. The minimum Gasteiger partial charge on any atom is -0.434 e. The molecular weight excluding hydrogens is 394 g/mol. The van der Waals surface area contributed by atoms with E-state index in [1.807, 2.05) is 19.3 Å². The molecule has 0 bridgehead atoms. The molecule has 0 saturated heterocycles. The molecule has 0 aliphatic rings. The second-order valence-corrected chi connectivity index (χ2v) is 7.49. The van der Waals surface area contributed by atoms with Crippen LogP contribution in [0.15, 0.2) is 52.6 Å². The summed E-state index contributed by atoms with van der Waals surface area (Å²) < 4.78 is 9.56. The van der Waals surface area contributed by atoms with E-state index in [1.165, 1.54) is 6.33 Å². The number of furan rings is 1.